The minimum atomic E-state index is -1.16. The maximum atomic E-state index is 12.6. The summed E-state index contributed by atoms with van der Waals surface area (Å²) < 4.78 is 11.4. The summed E-state index contributed by atoms with van der Waals surface area (Å²) in [5.41, 5.74) is 1.81. The Balaban J connectivity index is 1.42. The van der Waals surface area contributed by atoms with Gasteiger partial charge in [0, 0.05) is 17.3 Å². The van der Waals surface area contributed by atoms with Crippen LogP contribution in [0.5, 0.6) is 5.75 Å². The highest BCUT2D eigenvalue weighted by Crippen LogP contribution is 2.28. The van der Waals surface area contributed by atoms with Crippen molar-refractivity contribution in [2.75, 3.05) is 5.32 Å². The minimum Gasteiger partial charge on any atom is -0.489 e. The van der Waals surface area contributed by atoms with Gasteiger partial charge in [-0.3, -0.25) is 4.79 Å². The highest BCUT2D eigenvalue weighted by molar-refractivity contribution is 6.33. The quantitative estimate of drug-likeness (QED) is 0.214. The maximum absolute atomic E-state index is 12.6. The van der Waals surface area contributed by atoms with Gasteiger partial charge in [-0.2, -0.15) is 5.26 Å². The van der Waals surface area contributed by atoms with Crippen molar-refractivity contribution in [2.45, 2.75) is 6.61 Å². The molecule has 4 rings (SSSR count). The van der Waals surface area contributed by atoms with E-state index in [0.29, 0.717) is 29.4 Å². The van der Waals surface area contributed by atoms with Crippen molar-refractivity contribution in [3.8, 4) is 23.1 Å². The van der Waals surface area contributed by atoms with Gasteiger partial charge >= 0.3 is 5.97 Å². The van der Waals surface area contributed by atoms with Crippen LogP contribution in [0.2, 0.25) is 5.02 Å². The van der Waals surface area contributed by atoms with Crippen molar-refractivity contribution in [1.82, 2.24) is 0 Å². The number of benzene rings is 3. The Bertz CT molecular complexity index is 1470. The van der Waals surface area contributed by atoms with Crippen LogP contribution in [0.25, 0.3) is 17.4 Å². The van der Waals surface area contributed by atoms with Gasteiger partial charge in [0.2, 0.25) is 0 Å². The molecule has 1 amide bonds. The fourth-order valence-corrected chi connectivity index (χ4v) is 3.49. The highest BCUT2D eigenvalue weighted by atomic mass is 35.5. The second-order valence-electron chi connectivity index (χ2n) is 7.62. The number of nitriles is 1. The molecule has 0 saturated carbocycles. The van der Waals surface area contributed by atoms with Crippen LogP contribution in [0.15, 0.2) is 94.9 Å². The number of carbonyl (C=O) groups is 2. The molecule has 4 aromatic rings. The van der Waals surface area contributed by atoms with Crippen LogP contribution in [-0.4, -0.2) is 17.0 Å². The molecule has 0 bridgehead atoms. The second kappa shape index (κ2) is 11.1. The molecule has 36 heavy (non-hydrogen) atoms. The van der Waals surface area contributed by atoms with Gasteiger partial charge in [0.15, 0.2) is 0 Å². The zero-order valence-electron chi connectivity index (χ0n) is 18.8. The van der Waals surface area contributed by atoms with Crippen molar-refractivity contribution < 1.29 is 23.8 Å². The largest absolute Gasteiger partial charge is 0.489 e. The predicted molar refractivity (Wildman–Crippen MR) is 136 cm³/mol. The molecule has 7 nitrogen and oxygen atoms in total. The lowest BCUT2D eigenvalue weighted by Gasteiger charge is -2.08. The average Bonchev–Trinajstić information content (AvgIpc) is 3.36. The first kappa shape index (κ1) is 24.3. The number of nitrogens with one attached hydrogen (secondary N) is 1. The monoisotopic (exact) mass is 498 g/mol. The summed E-state index contributed by atoms with van der Waals surface area (Å²) in [4.78, 5) is 23.9. The Labute approximate surface area is 211 Å². The summed E-state index contributed by atoms with van der Waals surface area (Å²) in [6.45, 7) is 0.423. The zero-order valence-corrected chi connectivity index (χ0v) is 19.5. The van der Waals surface area contributed by atoms with Crippen molar-refractivity contribution in [3.05, 3.63) is 112 Å². The third-order valence-corrected chi connectivity index (χ3v) is 5.45. The fraction of sp³-hybridized carbons (Fsp3) is 0.0357. The number of carbonyl (C=O) groups excluding carboxylic acids is 1. The molecular formula is C28H19ClN2O5. The molecule has 1 aromatic heterocycles. The van der Waals surface area contributed by atoms with Gasteiger partial charge in [-0.05, 0) is 60.2 Å². The number of nitrogens with zero attached hydrogens (tertiary/aromatic N) is 1. The van der Waals surface area contributed by atoms with Gasteiger partial charge in [0.25, 0.3) is 5.91 Å². The predicted octanol–water partition coefficient (Wildman–Crippen LogP) is 6.42. The molecule has 0 aliphatic rings. The van der Waals surface area contributed by atoms with Crippen LogP contribution in [0, 0.1) is 11.3 Å². The molecule has 178 valence electrons. The van der Waals surface area contributed by atoms with E-state index in [4.69, 9.17) is 20.8 Å². The lowest BCUT2D eigenvalue weighted by Crippen LogP contribution is -2.13. The second-order valence-corrected chi connectivity index (χ2v) is 8.03. The van der Waals surface area contributed by atoms with Crippen LogP contribution < -0.4 is 10.1 Å². The topological polar surface area (TPSA) is 113 Å². The Morgan fingerprint density at radius 1 is 1.03 bits per heavy atom. The van der Waals surface area contributed by atoms with E-state index in [0.717, 1.165) is 5.56 Å². The average molecular weight is 499 g/mol. The number of aromatic carboxylic acids is 1. The molecule has 0 fully saturated rings. The van der Waals surface area contributed by atoms with E-state index in [1.165, 1.54) is 18.2 Å². The Morgan fingerprint density at radius 3 is 2.47 bits per heavy atom. The number of furan rings is 1. The number of ether oxygens (including phenoxy) is 1. The lowest BCUT2D eigenvalue weighted by atomic mass is 10.1. The number of amides is 1. The Hall–Kier alpha value is -4.80. The first-order valence-corrected chi connectivity index (χ1v) is 11.1. The first-order valence-electron chi connectivity index (χ1n) is 10.8. The van der Waals surface area contributed by atoms with Crippen LogP contribution in [0.4, 0.5) is 5.69 Å². The van der Waals surface area contributed by atoms with Gasteiger partial charge < -0.3 is 19.6 Å². The molecule has 0 radical (unpaired) electrons. The van der Waals surface area contributed by atoms with Gasteiger partial charge in [0.05, 0.1) is 10.6 Å². The minimum absolute atomic E-state index is 0.0590. The molecule has 8 heteroatoms. The fourth-order valence-electron chi connectivity index (χ4n) is 3.29. The molecule has 0 saturated heterocycles. The van der Waals surface area contributed by atoms with E-state index in [9.17, 15) is 20.0 Å². The van der Waals surface area contributed by atoms with Crippen LogP contribution in [0.3, 0.4) is 0 Å². The summed E-state index contributed by atoms with van der Waals surface area (Å²) >= 11 is 5.91. The van der Waals surface area contributed by atoms with Crippen molar-refractivity contribution in [3.63, 3.8) is 0 Å². The molecule has 0 aliphatic carbocycles. The molecule has 0 unspecified atom stereocenters. The van der Waals surface area contributed by atoms with E-state index < -0.39 is 11.9 Å². The summed E-state index contributed by atoms with van der Waals surface area (Å²) in [5, 5.41) is 21.5. The molecule has 1 heterocycles. The van der Waals surface area contributed by atoms with Crippen LogP contribution >= 0.6 is 11.6 Å². The van der Waals surface area contributed by atoms with E-state index in [1.807, 2.05) is 36.4 Å². The third-order valence-electron chi connectivity index (χ3n) is 5.12. The normalized spacial score (nSPS) is 10.9. The van der Waals surface area contributed by atoms with Crippen molar-refractivity contribution >= 4 is 35.2 Å². The van der Waals surface area contributed by atoms with Gasteiger partial charge in [-0.25, -0.2) is 4.79 Å². The van der Waals surface area contributed by atoms with E-state index in [-0.39, 0.29) is 21.9 Å². The first-order chi connectivity index (χ1) is 17.4. The highest BCUT2D eigenvalue weighted by Gasteiger charge is 2.14. The van der Waals surface area contributed by atoms with Crippen LogP contribution in [0.1, 0.15) is 21.7 Å². The van der Waals surface area contributed by atoms with Crippen molar-refractivity contribution in [2.24, 2.45) is 0 Å². The van der Waals surface area contributed by atoms with Gasteiger partial charge in [-0.15, -0.1) is 0 Å². The molecule has 0 aliphatic heterocycles. The lowest BCUT2D eigenvalue weighted by molar-refractivity contribution is -0.112. The van der Waals surface area contributed by atoms with E-state index >= 15 is 0 Å². The van der Waals surface area contributed by atoms with E-state index in [2.05, 4.69) is 5.32 Å². The number of rotatable bonds is 8. The van der Waals surface area contributed by atoms with Gasteiger partial charge in [0.1, 0.15) is 35.5 Å². The number of anilines is 1. The number of halogens is 1. The molecule has 3 aromatic carbocycles. The smallest absolute Gasteiger partial charge is 0.337 e. The zero-order chi connectivity index (χ0) is 25.5. The Morgan fingerprint density at radius 2 is 1.78 bits per heavy atom. The van der Waals surface area contributed by atoms with E-state index in [1.54, 1.807) is 42.5 Å². The molecule has 0 atom stereocenters. The third kappa shape index (κ3) is 6.00. The summed E-state index contributed by atoms with van der Waals surface area (Å²) in [6.07, 6.45) is 1.31. The summed E-state index contributed by atoms with van der Waals surface area (Å²) in [5.74, 6) is -0.498. The molecular weight excluding hydrogens is 480 g/mol. The maximum Gasteiger partial charge on any atom is 0.337 e. The summed E-state index contributed by atoms with van der Waals surface area (Å²) in [6, 6.07) is 26.1. The number of carboxylic acid groups (broad SMARTS) is 1. The SMILES string of the molecule is N#C/C(=C\c1ccc(-c2ccc(Cl)c(C(=O)O)c2)o1)C(=O)Nc1ccc(OCc2ccccc2)cc1. The number of carboxylic acids is 1. The number of hydrogen-bond donors (Lipinski definition) is 2. The van der Waals surface area contributed by atoms with Crippen LogP contribution in [-0.2, 0) is 11.4 Å². The standard InChI is InChI=1S/C28H19ClN2O5/c29-25-12-6-19(15-24(25)28(33)34)26-13-11-23(36-26)14-20(16-30)27(32)31-21-7-9-22(10-8-21)35-17-18-4-2-1-3-5-18/h1-15H,17H2,(H,31,32)(H,33,34)/b20-14+. The van der Waals surface area contributed by atoms with Crippen molar-refractivity contribution in [1.29, 1.82) is 5.26 Å². The Kier molecular flexibility index (Phi) is 7.49. The molecule has 0 spiro atoms. The molecule has 2 N–H and O–H groups in total. The summed E-state index contributed by atoms with van der Waals surface area (Å²) in [7, 11) is 0. The number of hydrogen-bond acceptors (Lipinski definition) is 5. The van der Waals surface area contributed by atoms with Gasteiger partial charge in [-0.1, -0.05) is 41.9 Å².